The van der Waals surface area contributed by atoms with Crippen molar-refractivity contribution in [2.24, 2.45) is 16.5 Å². The molecule has 0 bridgehead atoms. The lowest BCUT2D eigenvalue weighted by atomic mass is 9.90. The Kier molecular flexibility index (Phi) is 3.96. The Balaban J connectivity index is 1.89. The summed E-state index contributed by atoms with van der Waals surface area (Å²) in [5, 5.41) is 3.04. The number of aliphatic imine (C=N–C) groups is 1. The lowest BCUT2D eigenvalue weighted by Gasteiger charge is -2.38. The second-order valence-electron chi connectivity index (χ2n) is 5.60. The molecule has 2 aliphatic rings. The molecule has 0 amide bonds. The number of nitrogens with zero attached hydrogens (tertiary/aromatic N) is 2. The highest BCUT2D eigenvalue weighted by Crippen LogP contribution is 2.27. The highest BCUT2D eigenvalue weighted by atomic mass is 19.1. The van der Waals surface area contributed by atoms with Crippen LogP contribution in [-0.2, 0) is 5.66 Å². The van der Waals surface area contributed by atoms with Crippen LogP contribution in [0.25, 0.3) is 0 Å². The highest BCUT2D eigenvalue weighted by Gasteiger charge is 2.35. The van der Waals surface area contributed by atoms with Gasteiger partial charge in [0.1, 0.15) is 11.5 Å². The lowest BCUT2D eigenvalue weighted by Crippen LogP contribution is -2.59. The van der Waals surface area contributed by atoms with Crippen LogP contribution in [0, 0.1) is 5.82 Å². The lowest BCUT2D eigenvalue weighted by molar-refractivity contribution is 0.298. The summed E-state index contributed by atoms with van der Waals surface area (Å²) >= 11 is 0. The first-order valence-corrected chi connectivity index (χ1v) is 7.31. The first kappa shape index (κ1) is 14.7. The third kappa shape index (κ3) is 2.88. The van der Waals surface area contributed by atoms with Gasteiger partial charge in [0.15, 0.2) is 5.96 Å². The van der Waals surface area contributed by atoms with E-state index in [1.807, 2.05) is 0 Å². The molecule has 0 spiro atoms. The molecule has 2 heterocycles. The third-order valence-electron chi connectivity index (χ3n) is 4.03. The van der Waals surface area contributed by atoms with Gasteiger partial charge in [0.05, 0.1) is 0 Å². The van der Waals surface area contributed by atoms with Gasteiger partial charge in [-0.1, -0.05) is 24.3 Å². The van der Waals surface area contributed by atoms with E-state index in [4.69, 9.17) is 11.5 Å². The van der Waals surface area contributed by atoms with Gasteiger partial charge >= 0.3 is 0 Å². The molecule has 6 heteroatoms. The Morgan fingerprint density at radius 3 is 2.73 bits per heavy atom. The first-order valence-electron chi connectivity index (χ1n) is 7.31. The van der Waals surface area contributed by atoms with Crippen molar-refractivity contribution in [3.63, 3.8) is 0 Å². The molecule has 0 radical (unpaired) electrons. The zero-order valence-corrected chi connectivity index (χ0v) is 12.3. The Morgan fingerprint density at radius 2 is 2.05 bits per heavy atom. The van der Waals surface area contributed by atoms with E-state index >= 15 is 0 Å². The van der Waals surface area contributed by atoms with Crippen molar-refractivity contribution < 1.29 is 4.39 Å². The third-order valence-corrected chi connectivity index (χ3v) is 4.03. The largest absolute Gasteiger partial charge is 0.370 e. The number of hydrogen-bond acceptors (Lipinski definition) is 5. The molecule has 1 aromatic rings. The van der Waals surface area contributed by atoms with Crippen LogP contribution in [0.1, 0.15) is 12.0 Å². The maximum atomic E-state index is 13.2. The summed E-state index contributed by atoms with van der Waals surface area (Å²) in [6.45, 7) is 2.55. The van der Waals surface area contributed by atoms with Crippen molar-refractivity contribution in [3.8, 4) is 0 Å². The van der Waals surface area contributed by atoms with Crippen LogP contribution in [0.3, 0.4) is 0 Å². The van der Waals surface area contributed by atoms with Gasteiger partial charge in [0.25, 0.3) is 0 Å². The van der Waals surface area contributed by atoms with Crippen LogP contribution in [0.4, 0.5) is 4.39 Å². The zero-order valence-electron chi connectivity index (χ0n) is 12.3. The van der Waals surface area contributed by atoms with Gasteiger partial charge in [0, 0.05) is 31.4 Å². The van der Waals surface area contributed by atoms with E-state index in [0.29, 0.717) is 6.54 Å². The number of benzene rings is 1. The fourth-order valence-electron chi connectivity index (χ4n) is 2.77. The summed E-state index contributed by atoms with van der Waals surface area (Å²) in [5.74, 6) is -0.0365. The maximum absolute atomic E-state index is 13.2. The summed E-state index contributed by atoms with van der Waals surface area (Å²) in [6.07, 6.45) is 7.07. The number of nitrogens with one attached hydrogen (secondary N) is 1. The smallest absolute Gasteiger partial charge is 0.195 e. The van der Waals surface area contributed by atoms with Crippen molar-refractivity contribution in [3.05, 3.63) is 59.6 Å². The summed E-state index contributed by atoms with van der Waals surface area (Å²) in [4.78, 5) is 6.43. The van der Waals surface area contributed by atoms with Crippen LogP contribution >= 0.6 is 0 Å². The topological polar surface area (TPSA) is 79.7 Å². The molecule has 116 valence electrons. The predicted molar refractivity (Wildman–Crippen MR) is 85.3 cm³/mol. The molecule has 1 atom stereocenters. The van der Waals surface area contributed by atoms with Crippen molar-refractivity contribution in [1.29, 1.82) is 0 Å². The van der Waals surface area contributed by atoms with Gasteiger partial charge in [-0.2, -0.15) is 0 Å². The van der Waals surface area contributed by atoms with E-state index in [1.54, 1.807) is 18.3 Å². The molecular weight excluding hydrogens is 281 g/mol. The van der Waals surface area contributed by atoms with E-state index in [0.717, 1.165) is 30.6 Å². The standard InChI is InChI=1S/C16H20FN5/c17-14-6-4-12(5-7-14)16(19)13(10-20-15(18)21-16)11-22-8-2-1-3-9-22/h1-2,4-7,10H,3,8-9,11,19H2,(H3,18,20,21). The van der Waals surface area contributed by atoms with E-state index in [2.05, 4.69) is 27.4 Å². The number of halogens is 1. The fraction of sp³-hybridized carbons (Fsp3) is 0.312. The molecule has 1 aromatic carbocycles. The summed E-state index contributed by atoms with van der Waals surface area (Å²) in [7, 11) is 0. The number of hydrogen-bond donors (Lipinski definition) is 3. The monoisotopic (exact) mass is 301 g/mol. The van der Waals surface area contributed by atoms with E-state index in [9.17, 15) is 4.39 Å². The Hall–Kier alpha value is -2.18. The van der Waals surface area contributed by atoms with Crippen LogP contribution in [-0.4, -0.2) is 30.5 Å². The van der Waals surface area contributed by atoms with Gasteiger partial charge in [-0.15, -0.1) is 0 Å². The van der Waals surface area contributed by atoms with Crippen molar-refractivity contribution >= 4 is 5.96 Å². The Labute approximate surface area is 129 Å². The normalized spacial score (nSPS) is 25.4. The Bertz CT molecular complexity index is 634. The van der Waals surface area contributed by atoms with Gasteiger partial charge in [-0.3, -0.25) is 4.90 Å². The molecule has 0 aliphatic carbocycles. The molecule has 5 N–H and O–H groups in total. The predicted octanol–water partition coefficient (Wildman–Crippen LogP) is 1.00. The van der Waals surface area contributed by atoms with Gasteiger partial charge < -0.3 is 16.8 Å². The summed E-state index contributed by atoms with van der Waals surface area (Å²) in [6, 6.07) is 6.14. The molecule has 0 saturated heterocycles. The molecular formula is C16H20FN5. The molecule has 0 fully saturated rings. The van der Waals surface area contributed by atoms with Gasteiger partial charge in [-0.05, 0) is 24.1 Å². The van der Waals surface area contributed by atoms with E-state index < -0.39 is 5.66 Å². The van der Waals surface area contributed by atoms with Gasteiger partial charge in [0.2, 0.25) is 0 Å². The average Bonchev–Trinajstić information content (AvgIpc) is 2.52. The van der Waals surface area contributed by atoms with Crippen LogP contribution in [0.2, 0.25) is 0 Å². The summed E-state index contributed by atoms with van der Waals surface area (Å²) in [5.41, 5.74) is 13.1. The van der Waals surface area contributed by atoms with Crippen molar-refractivity contribution in [2.75, 3.05) is 19.6 Å². The SMILES string of the molecule is NC1=NC=C(CN2CC=CCC2)C(N)(c2ccc(F)cc2)N1. The summed E-state index contributed by atoms with van der Waals surface area (Å²) < 4.78 is 13.2. The van der Waals surface area contributed by atoms with Crippen LogP contribution in [0.5, 0.6) is 0 Å². The minimum absolute atomic E-state index is 0.258. The molecule has 2 aliphatic heterocycles. The van der Waals surface area contributed by atoms with Crippen molar-refractivity contribution in [1.82, 2.24) is 10.2 Å². The second kappa shape index (κ2) is 5.90. The fourth-order valence-corrected chi connectivity index (χ4v) is 2.77. The molecule has 5 nitrogen and oxygen atoms in total. The molecule has 22 heavy (non-hydrogen) atoms. The van der Waals surface area contributed by atoms with E-state index in [1.165, 1.54) is 12.1 Å². The zero-order chi connectivity index (χ0) is 15.6. The highest BCUT2D eigenvalue weighted by molar-refractivity contribution is 5.81. The minimum atomic E-state index is -0.972. The van der Waals surface area contributed by atoms with E-state index in [-0.39, 0.29) is 11.8 Å². The molecule has 1 unspecified atom stereocenters. The van der Waals surface area contributed by atoms with Crippen LogP contribution < -0.4 is 16.8 Å². The number of nitrogens with two attached hydrogens (primary N) is 2. The molecule has 0 aromatic heterocycles. The van der Waals surface area contributed by atoms with Crippen molar-refractivity contribution in [2.45, 2.75) is 12.1 Å². The number of rotatable bonds is 3. The van der Waals surface area contributed by atoms with Gasteiger partial charge in [-0.25, -0.2) is 9.38 Å². The second-order valence-corrected chi connectivity index (χ2v) is 5.60. The minimum Gasteiger partial charge on any atom is -0.370 e. The quantitative estimate of drug-likeness (QED) is 0.728. The number of guanidine groups is 1. The Morgan fingerprint density at radius 1 is 1.27 bits per heavy atom. The molecule has 3 rings (SSSR count). The maximum Gasteiger partial charge on any atom is 0.195 e. The average molecular weight is 301 g/mol. The molecule has 0 saturated carbocycles. The first-order chi connectivity index (χ1) is 10.6. The van der Waals surface area contributed by atoms with Crippen LogP contribution in [0.15, 0.2) is 53.2 Å².